The maximum atomic E-state index is 9.00. The van der Waals surface area contributed by atoms with Crippen LogP contribution >= 0.6 is 0 Å². The summed E-state index contributed by atoms with van der Waals surface area (Å²) in [6.07, 6.45) is 2.64. The highest BCUT2D eigenvalue weighted by Gasteiger charge is 2.22. The van der Waals surface area contributed by atoms with Crippen molar-refractivity contribution in [1.82, 2.24) is 5.32 Å². The first-order valence-electron chi connectivity index (χ1n) is 5.08. The Morgan fingerprint density at radius 1 is 1.36 bits per heavy atom. The number of nitrogens with one attached hydrogen (secondary N) is 1. The second kappa shape index (κ2) is 4.26. The van der Waals surface area contributed by atoms with E-state index in [9.17, 15) is 0 Å². The summed E-state index contributed by atoms with van der Waals surface area (Å²) in [6, 6.07) is 12.0. The lowest BCUT2D eigenvalue weighted by molar-refractivity contribution is 0.593. The summed E-state index contributed by atoms with van der Waals surface area (Å²) in [7, 11) is 0. The lowest BCUT2D eigenvalue weighted by Crippen LogP contribution is -2.22. The monoisotopic (exact) mass is 186 g/mol. The van der Waals surface area contributed by atoms with Crippen LogP contribution in [0.2, 0.25) is 0 Å². The fourth-order valence-electron chi connectivity index (χ4n) is 1.49. The minimum atomic E-state index is -0.142. The summed E-state index contributed by atoms with van der Waals surface area (Å²) in [4.78, 5) is 0. The number of nitrogens with zero attached hydrogens (tertiary/aromatic N) is 1. The molecule has 1 aromatic carbocycles. The van der Waals surface area contributed by atoms with Crippen LogP contribution in [0.25, 0.3) is 0 Å². The number of nitriles is 1. The molecule has 1 aliphatic carbocycles. The van der Waals surface area contributed by atoms with Crippen LogP contribution in [-0.4, -0.2) is 6.54 Å². The average molecular weight is 186 g/mol. The van der Waals surface area contributed by atoms with Gasteiger partial charge in [-0.15, -0.1) is 0 Å². The SMILES string of the molecule is N#CC(NCC1CC1)c1ccccc1. The summed E-state index contributed by atoms with van der Waals surface area (Å²) in [6.45, 7) is 0.979. The molecule has 0 amide bonds. The molecule has 0 aromatic heterocycles. The van der Waals surface area contributed by atoms with E-state index >= 15 is 0 Å². The highest BCUT2D eigenvalue weighted by atomic mass is 14.9. The molecular weight excluding hydrogens is 172 g/mol. The van der Waals surface area contributed by atoms with Crippen molar-refractivity contribution in [2.24, 2.45) is 5.92 Å². The molecule has 2 rings (SSSR count). The van der Waals surface area contributed by atoms with Gasteiger partial charge in [0.05, 0.1) is 6.07 Å². The molecule has 0 spiro atoms. The zero-order valence-corrected chi connectivity index (χ0v) is 8.11. The largest absolute Gasteiger partial charge is 0.298 e. The molecule has 1 N–H and O–H groups in total. The van der Waals surface area contributed by atoms with Gasteiger partial charge in [-0.1, -0.05) is 30.3 Å². The first-order chi connectivity index (χ1) is 6.90. The second-order valence-electron chi connectivity index (χ2n) is 3.82. The Kier molecular flexibility index (Phi) is 2.81. The van der Waals surface area contributed by atoms with Gasteiger partial charge in [0.1, 0.15) is 6.04 Å². The molecule has 0 bridgehead atoms. The van der Waals surface area contributed by atoms with Crippen LogP contribution in [0.5, 0.6) is 0 Å². The third kappa shape index (κ3) is 2.34. The quantitative estimate of drug-likeness (QED) is 0.782. The van der Waals surface area contributed by atoms with Crippen molar-refractivity contribution in [3.8, 4) is 6.07 Å². The molecule has 1 atom stereocenters. The summed E-state index contributed by atoms with van der Waals surface area (Å²) >= 11 is 0. The molecule has 0 radical (unpaired) electrons. The number of hydrogen-bond acceptors (Lipinski definition) is 2. The third-order valence-corrected chi connectivity index (χ3v) is 2.57. The Morgan fingerprint density at radius 2 is 2.07 bits per heavy atom. The molecule has 1 saturated carbocycles. The summed E-state index contributed by atoms with van der Waals surface area (Å²) in [5.74, 6) is 0.814. The number of hydrogen-bond donors (Lipinski definition) is 1. The molecule has 0 heterocycles. The smallest absolute Gasteiger partial charge is 0.121 e. The standard InChI is InChI=1S/C12H14N2/c13-8-12(14-9-10-6-7-10)11-4-2-1-3-5-11/h1-5,10,12,14H,6-7,9H2. The molecule has 2 nitrogen and oxygen atoms in total. The van der Waals surface area contributed by atoms with Gasteiger partial charge in [0, 0.05) is 0 Å². The van der Waals surface area contributed by atoms with E-state index in [1.807, 2.05) is 30.3 Å². The molecule has 1 fully saturated rings. The molecule has 14 heavy (non-hydrogen) atoms. The van der Waals surface area contributed by atoms with Gasteiger partial charge >= 0.3 is 0 Å². The molecule has 72 valence electrons. The van der Waals surface area contributed by atoms with Crippen molar-refractivity contribution in [3.05, 3.63) is 35.9 Å². The maximum Gasteiger partial charge on any atom is 0.121 e. The minimum absolute atomic E-state index is 0.142. The van der Waals surface area contributed by atoms with Crippen molar-refractivity contribution in [2.45, 2.75) is 18.9 Å². The predicted molar refractivity (Wildman–Crippen MR) is 55.5 cm³/mol. The van der Waals surface area contributed by atoms with E-state index in [1.165, 1.54) is 12.8 Å². The van der Waals surface area contributed by atoms with Crippen LogP contribution in [0, 0.1) is 17.2 Å². The minimum Gasteiger partial charge on any atom is -0.298 e. The van der Waals surface area contributed by atoms with Crippen molar-refractivity contribution in [2.75, 3.05) is 6.54 Å². The van der Waals surface area contributed by atoms with Crippen molar-refractivity contribution in [1.29, 1.82) is 5.26 Å². The van der Waals surface area contributed by atoms with E-state index in [2.05, 4.69) is 11.4 Å². The Bertz CT molecular complexity index is 322. The third-order valence-electron chi connectivity index (χ3n) is 2.57. The van der Waals surface area contributed by atoms with E-state index in [0.717, 1.165) is 18.0 Å². The fraction of sp³-hybridized carbons (Fsp3) is 0.417. The molecule has 0 aliphatic heterocycles. The van der Waals surface area contributed by atoms with Crippen LogP contribution < -0.4 is 5.32 Å². The van der Waals surface area contributed by atoms with Gasteiger partial charge in [-0.2, -0.15) is 5.26 Å². The molecular formula is C12H14N2. The molecule has 2 heteroatoms. The summed E-state index contributed by atoms with van der Waals surface area (Å²) in [5.41, 5.74) is 1.07. The van der Waals surface area contributed by atoms with Gasteiger partial charge in [0.2, 0.25) is 0 Å². The highest BCUT2D eigenvalue weighted by molar-refractivity contribution is 5.23. The van der Waals surface area contributed by atoms with Crippen LogP contribution in [0.4, 0.5) is 0 Å². The van der Waals surface area contributed by atoms with Gasteiger partial charge in [0.25, 0.3) is 0 Å². The summed E-state index contributed by atoms with van der Waals surface area (Å²) < 4.78 is 0. The topological polar surface area (TPSA) is 35.8 Å². The molecule has 0 saturated heterocycles. The van der Waals surface area contributed by atoms with Crippen LogP contribution in [-0.2, 0) is 0 Å². The lowest BCUT2D eigenvalue weighted by atomic mass is 10.1. The first kappa shape index (κ1) is 9.23. The number of rotatable bonds is 4. The van der Waals surface area contributed by atoms with Crippen LogP contribution in [0.15, 0.2) is 30.3 Å². The molecule has 1 aliphatic rings. The second-order valence-corrected chi connectivity index (χ2v) is 3.82. The van der Waals surface area contributed by atoms with Crippen molar-refractivity contribution in [3.63, 3.8) is 0 Å². The van der Waals surface area contributed by atoms with Gasteiger partial charge < -0.3 is 0 Å². The van der Waals surface area contributed by atoms with Crippen LogP contribution in [0.1, 0.15) is 24.4 Å². The Balaban J connectivity index is 1.95. The van der Waals surface area contributed by atoms with Gasteiger partial charge in [0.15, 0.2) is 0 Å². The predicted octanol–water partition coefficient (Wildman–Crippen LogP) is 2.25. The van der Waals surface area contributed by atoms with Gasteiger partial charge in [-0.3, -0.25) is 5.32 Å². The molecule has 1 aromatic rings. The maximum absolute atomic E-state index is 9.00. The van der Waals surface area contributed by atoms with E-state index in [0.29, 0.717) is 0 Å². The van der Waals surface area contributed by atoms with Crippen molar-refractivity contribution >= 4 is 0 Å². The fourth-order valence-corrected chi connectivity index (χ4v) is 1.49. The Hall–Kier alpha value is -1.33. The lowest BCUT2D eigenvalue weighted by Gasteiger charge is -2.10. The van der Waals surface area contributed by atoms with Crippen molar-refractivity contribution < 1.29 is 0 Å². The Morgan fingerprint density at radius 3 is 2.64 bits per heavy atom. The van der Waals surface area contributed by atoms with Gasteiger partial charge in [-0.25, -0.2) is 0 Å². The number of benzene rings is 1. The summed E-state index contributed by atoms with van der Waals surface area (Å²) in [5, 5.41) is 12.3. The zero-order chi connectivity index (χ0) is 9.80. The van der Waals surface area contributed by atoms with E-state index < -0.39 is 0 Å². The molecule has 1 unspecified atom stereocenters. The zero-order valence-electron chi connectivity index (χ0n) is 8.11. The van der Waals surface area contributed by atoms with Gasteiger partial charge in [-0.05, 0) is 30.9 Å². The van der Waals surface area contributed by atoms with E-state index in [4.69, 9.17) is 5.26 Å². The van der Waals surface area contributed by atoms with Crippen LogP contribution in [0.3, 0.4) is 0 Å². The Labute approximate surface area is 84.6 Å². The normalized spacial score (nSPS) is 17.4. The average Bonchev–Trinajstić information content (AvgIpc) is 3.04. The highest BCUT2D eigenvalue weighted by Crippen LogP contribution is 2.28. The first-order valence-corrected chi connectivity index (χ1v) is 5.08. The van der Waals surface area contributed by atoms with E-state index in [1.54, 1.807) is 0 Å². The van der Waals surface area contributed by atoms with E-state index in [-0.39, 0.29) is 6.04 Å².